The number of rotatable bonds is 3. The summed E-state index contributed by atoms with van der Waals surface area (Å²) in [6.45, 7) is 2.91. The molecule has 126 valence electrons. The van der Waals surface area contributed by atoms with Crippen LogP contribution >= 0.6 is 0 Å². The van der Waals surface area contributed by atoms with E-state index in [1.165, 1.54) is 0 Å². The molecule has 1 atom stereocenters. The van der Waals surface area contributed by atoms with E-state index < -0.39 is 5.54 Å². The van der Waals surface area contributed by atoms with Crippen LogP contribution in [0.3, 0.4) is 0 Å². The highest BCUT2D eigenvalue weighted by molar-refractivity contribution is 6.00. The number of amides is 2. The molecule has 2 aromatic rings. The standard InChI is InChI=1S/C18H21N3O3/c1-18-16-13(12-5-2-3-6-14(12)19-16)7-9-21(18)15(23)11-20(17(18)24)8-4-10-22/h2-3,5-6,19,22H,4,7-11H2,1H3/t18-/m0/s1. The van der Waals surface area contributed by atoms with Crippen molar-refractivity contribution in [3.8, 4) is 0 Å². The van der Waals surface area contributed by atoms with Crippen LogP contribution in [0.15, 0.2) is 24.3 Å². The fourth-order valence-electron chi connectivity index (χ4n) is 4.12. The van der Waals surface area contributed by atoms with Crippen LogP contribution in [0.2, 0.25) is 0 Å². The maximum Gasteiger partial charge on any atom is 0.254 e. The number of nitrogens with zero attached hydrogens (tertiary/aromatic N) is 2. The molecule has 24 heavy (non-hydrogen) atoms. The van der Waals surface area contributed by atoms with Crippen LogP contribution < -0.4 is 0 Å². The summed E-state index contributed by atoms with van der Waals surface area (Å²) in [7, 11) is 0. The molecule has 2 aliphatic heterocycles. The first-order valence-corrected chi connectivity index (χ1v) is 8.38. The van der Waals surface area contributed by atoms with Crippen molar-refractivity contribution in [2.45, 2.75) is 25.3 Å². The number of carbonyl (C=O) groups excluding carboxylic acids is 2. The third kappa shape index (κ3) is 1.92. The molecule has 1 aromatic heterocycles. The zero-order valence-corrected chi connectivity index (χ0v) is 13.7. The van der Waals surface area contributed by atoms with E-state index in [0.29, 0.717) is 19.5 Å². The van der Waals surface area contributed by atoms with E-state index in [4.69, 9.17) is 5.11 Å². The topological polar surface area (TPSA) is 76.6 Å². The number of aromatic amines is 1. The number of para-hydroxylation sites is 1. The SMILES string of the molecule is C[C@]12C(=O)N(CCCO)CC(=O)N1CCc1c2[nH]c2ccccc12. The number of nitrogens with one attached hydrogen (secondary N) is 1. The third-order valence-corrected chi connectivity index (χ3v) is 5.34. The lowest BCUT2D eigenvalue weighted by Crippen LogP contribution is -2.67. The smallest absolute Gasteiger partial charge is 0.254 e. The monoisotopic (exact) mass is 327 g/mol. The zero-order valence-electron chi connectivity index (χ0n) is 13.7. The zero-order chi connectivity index (χ0) is 16.9. The Balaban J connectivity index is 1.85. The molecule has 0 bridgehead atoms. The molecule has 0 unspecified atom stereocenters. The van der Waals surface area contributed by atoms with Gasteiger partial charge in [-0.2, -0.15) is 0 Å². The van der Waals surface area contributed by atoms with Gasteiger partial charge in [0.25, 0.3) is 5.91 Å². The van der Waals surface area contributed by atoms with Gasteiger partial charge in [0.2, 0.25) is 5.91 Å². The second-order valence-corrected chi connectivity index (χ2v) is 6.70. The van der Waals surface area contributed by atoms with Gasteiger partial charge in [-0.1, -0.05) is 18.2 Å². The van der Waals surface area contributed by atoms with Crippen molar-refractivity contribution in [1.29, 1.82) is 0 Å². The highest BCUT2D eigenvalue weighted by Crippen LogP contribution is 2.41. The number of aromatic nitrogens is 1. The molecule has 2 aliphatic rings. The Bertz CT molecular complexity index is 828. The molecular weight excluding hydrogens is 306 g/mol. The van der Waals surface area contributed by atoms with Gasteiger partial charge in [-0.25, -0.2) is 0 Å². The predicted molar refractivity (Wildman–Crippen MR) is 89.4 cm³/mol. The first-order chi connectivity index (χ1) is 11.6. The first kappa shape index (κ1) is 15.2. The number of aliphatic hydroxyl groups excluding tert-OH is 1. The van der Waals surface area contributed by atoms with Gasteiger partial charge in [0.1, 0.15) is 0 Å². The number of fused-ring (bicyclic) bond motifs is 5. The third-order valence-electron chi connectivity index (χ3n) is 5.34. The lowest BCUT2D eigenvalue weighted by Gasteiger charge is -2.49. The number of H-pyrrole nitrogens is 1. The summed E-state index contributed by atoms with van der Waals surface area (Å²) in [5, 5.41) is 10.2. The molecular formula is C18H21N3O3. The maximum atomic E-state index is 13.2. The maximum absolute atomic E-state index is 13.2. The van der Waals surface area contributed by atoms with Crippen LogP contribution in [0.25, 0.3) is 10.9 Å². The highest BCUT2D eigenvalue weighted by atomic mass is 16.3. The molecule has 0 spiro atoms. The summed E-state index contributed by atoms with van der Waals surface area (Å²) in [5.74, 6) is -0.0950. The van der Waals surface area contributed by atoms with E-state index in [1.807, 2.05) is 25.1 Å². The van der Waals surface area contributed by atoms with Crippen LogP contribution in [0, 0.1) is 0 Å². The Morgan fingerprint density at radius 1 is 1.29 bits per heavy atom. The molecule has 1 saturated heterocycles. The number of carbonyl (C=O) groups is 2. The molecule has 0 aliphatic carbocycles. The molecule has 1 fully saturated rings. The van der Waals surface area contributed by atoms with Gasteiger partial charge in [0.05, 0.1) is 12.2 Å². The first-order valence-electron chi connectivity index (χ1n) is 8.38. The molecule has 6 nitrogen and oxygen atoms in total. The molecule has 2 N–H and O–H groups in total. The Morgan fingerprint density at radius 3 is 2.88 bits per heavy atom. The Kier molecular flexibility index (Phi) is 3.38. The summed E-state index contributed by atoms with van der Waals surface area (Å²) in [6.07, 6.45) is 1.24. The van der Waals surface area contributed by atoms with Crippen LogP contribution in [0.1, 0.15) is 24.6 Å². The van der Waals surface area contributed by atoms with E-state index in [0.717, 1.165) is 28.6 Å². The normalized spacial score (nSPS) is 23.6. The van der Waals surface area contributed by atoms with E-state index in [9.17, 15) is 9.59 Å². The lowest BCUT2D eigenvalue weighted by molar-refractivity contribution is -0.166. The fraction of sp³-hybridized carbons (Fsp3) is 0.444. The van der Waals surface area contributed by atoms with Gasteiger partial charge in [-0.3, -0.25) is 9.59 Å². The van der Waals surface area contributed by atoms with Crippen molar-refractivity contribution >= 4 is 22.7 Å². The van der Waals surface area contributed by atoms with Crippen LogP contribution in [-0.2, 0) is 21.5 Å². The molecule has 4 rings (SSSR count). The average molecular weight is 327 g/mol. The van der Waals surface area contributed by atoms with Crippen LogP contribution in [-0.4, -0.2) is 57.9 Å². The average Bonchev–Trinajstić information content (AvgIpc) is 2.97. The minimum Gasteiger partial charge on any atom is -0.396 e. The molecule has 0 saturated carbocycles. The van der Waals surface area contributed by atoms with Crippen molar-refractivity contribution in [3.63, 3.8) is 0 Å². The van der Waals surface area contributed by atoms with Crippen LogP contribution in [0.4, 0.5) is 0 Å². The van der Waals surface area contributed by atoms with Gasteiger partial charge in [-0.05, 0) is 31.4 Å². The Labute approximate surface area is 140 Å². The van der Waals surface area contributed by atoms with Crippen molar-refractivity contribution in [2.24, 2.45) is 0 Å². The van der Waals surface area contributed by atoms with Gasteiger partial charge >= 0.3 is 0 Å². The second kappa shape index (κ2) is 5.34. The molecule has 2 amide bonds. The number of piperazine rings is 1. The second-order valence-electron chi connectivity index (χ2n) is 6.70. The predicted octanol–water partition coefficient (Wildman–Crippen LogP) is 0.992. The summed E-state index contributed by atoms with van der Waals surface area (Å²) in [6, 6.07) is 8.01. The molecule has 6 heteroatoms. The lowest BCUT2D eigenvalue weighted by atomic mass is 9.83. The number of aliphatic hydroxyl groups is 1. The van der Waals surface area contributed by atoms with Crippen molar-refractivity contribution in [1.82, 2.24) is 14.8 Å². The summed E-state index contributed by atoms with van der Waals surface area (Å²) >= 11 is 0. The van der Waals surface area contributed by atoms with Gasteiger partial charge in [0, 0.05) is 30.6 Å². The largest absolute Gasteiger partial charge is 0.396 e. The minimum atomic E-state index is -0.989. The van der Waals surface area contributed by atoms with Crippen molar-refractivity contribution < 1.29 is 14.7 Å². The number of hydrogen-bond acceptors (Lipinski definition) is 3. The van der Waals surface area contributed by atoms with Gasteiger partial charge < -0.3 is 19.9 Å². The van der Waals surface area contributed by atoms with Gasteiger partial charge in [0.15, 0.2) is 5.54 Å². The molecule has 1 aromatic carbocycles. The molecule has 0 radical (unpaired) electrons. The highest BCUT2D eigenvalue weighted by Gasteiger charge is 2.53. The van der Waals surface area contributed by atoms with E-state index in [-0.39, 0.29) is 25.0 Å². The summed E-state index contributed by atoms with van der Waals surface area (Å²) in [5.41, 5.74) is 1.98. The number of benzene rings is 1. The number of hydrogen-bond donors (Lipinski definition) is 2. The van der Waals surface area contributed by atoms with Crippen molar-refractivity contribution in [2.75, 3.05) is 26.2 Å². The van der Waals surface area contributed by atoms with E-state index >= 15 is 0 Å². The quantitative estimate of drug-likeness (QED) is 0.883. The Hall–Kier alpha value is -2.34. The van der Waals surface area contributed by atoms with E-state index in [2.05, 4.69) is 11.1 Å². The molecule has 3 heterocycles. The van der Waals surface area contributed by atoms with Gasteiger partial charge in [-0.15, -0.1) is 0 Å². The minimum absolute atomic E-state index is 0.00996. The van der Waals surface area contributed by atoms with E-state index in [1.54, 1.807) is 9.80 Å². The summed E-state index contributed by atoms with van der Waals surface area (Å²) in [4.78, 5) is 32.5. The summed E-state index contributed by atoms with van der Waals surface area (Å²) < 4.78 is 0. The van der Waals surface area contributed by atoms with Crippen LogP contribution in [0.5, 0.6) is 0 Å². The Morgan fingerprint density at radius 2 is 2.08 bits per heavy atom. The fourth-order valence-corrected chi connectivity index (χ4v) is 4.12. The van der Waals surface area contributed by atoms with Crippen molar-refractivity contribution in [3.05, 3.63) is 35.5 Å².